The predicted octanol–water partition coefficient (Wildman–Crippen LogP) is 0.940. The van der Waals surface area contributed by atoms with Crippen LogP contribution in [-0.2, 0) is 9.53 Å². The van der Waals surface area contributed by atoms with E-state index in [0.717, 1.165) is 17.7 Å². The summed E-state index contributed by atoms with van der Waals surface area (Å²) in [7, 11) is 0. The third kappa shape index (κ3) is 1.47. The summed E-state index contributed by atoms with van der Waals surface area (Å²) < 4.78 is 41.2. The van der Waals surface area contributed by atoms with Crippen molar-refractivity contribution in [2.24, 2.45) is 0 Å². The molecule has 80 valence electrons. The largest absolute Gasteiger partial charge is 0.471 e. The van der Waals surface area contributed by atoms with Crippen molar-refractivity contribution in [2.75, 3.05) is 19.7 Å². The van der Waals surface area contributed by atoms with Crippen molar-refractivity contribution in [3.8, 4) is 0 Å². The summed E-state index contributed by atoms with van der Waals surface area (Å²) in [5.74, 6) is -1.75. The summed E-state index contributed by atoms with van der Waals surface area (Å²) in [6.07, 6.45) is -3.12. The lowest BCUT2D eigenvalue weighted by Crippen LogP contribution is -2.65. The molecule has 0 aromatic rings. The fraction of sp³-hybridized carbons (Fsp3) is 0.875. The molecule has 1 amide bonds. The SMILES string of the molecule is O=C(N1CC2(CCCO2)C1)C(F)(F)F. The Morgan fingerprint density at radius 3 is 2.43 bits per heavy atom. The summed E-state index contributed by atoms with van der Waals surface area (Å²) in [6.45, 7) is 0.769. The van der Waals surface area contributed by atoms with Gasteiger partial charge in [0.25, 0.3) is 0 Å². The first kappa shape index (κ1) is 9.76. The van der Waals surface area contributed by atoms with E-state index in [1.54, 1.807) is 0 Å². The predicted molar refractivity (Wildman–Crippen MR) is 40.6 cm³/mol. The minimum absolute atomic E-state index is 0.0886. The van der Waals surface area contributed by atoms with Crippen LogP contribution >= 0.6 is 0 Å². The summed E-state index contributed by atoms with van der Waals surface area (Å²) in [4.78, 5) is 11.5. The van der Waals surface area contributed by atoms with Crippen LogP contribution < -0.4 is 0 Å². The maximum Gasteiger partial charge on any atom is 0.471 e. The fourth-order valence-corrected chi connectivity index (χ4v) is 1.98. The molecule has 0 unspecified atom stereocenters. The van der Waals surface area contributed by atoms with Crippen molar-refractivity contribution in [1.82, 2.24) is 4.90 Å². The third-order valence-electron chi connectivity index (χ3n) is 2.67. The van der Waals surface area contributed by atoms with Gasteiger partial charge in [0.1, 0.15) is 5.60 Å². The zero-order valence-electron chi connectivity index (χ0n) is 7.43. The topological polar surface area (TPSA) is 29.5 Å². The average molecular weight is 209 g/mol. The molecule has 1 spiro atoms. The Hall–Kier alpha value is -0.780. The van der Waals surface area contributed by atoms with Crippen molar-refractivity contribution in [3.05, 3.63) is 0 Å². The van der Waals surface area contributed by atoms with Crippen LogP contribution in [0, 0.1) is 0 Å². The lowest BCUT2D eigenvalue weighted by atomic mass is 9.91. The van der Waals surface area contributed by atoms with Crippen molar-refractivity contribution in [2.45, 2.75) is 24.6 Å². The van der Waals surface area contributed by atoms with Crippen LogP contribution in [0.1, 0.15) is 12.8 Å². The van der Waals surface area contributed by atoms with E-state index in [9.17, 15) is 18.0 Å². The molecule has 2 fully saturated rings. The zero-order valence-corrected chi connectivity index (χ0v) is 7.43. The van der Waals surface area contributed by atoms with E-state index in [-0.39, 0.29) is 13.1 Å². The van der Waals surface area contributed by atoms with Crippen LogP contribution in [-0.4, -0.2) is 42.3 Å². The number of rotatable bonds is 0. The standard InChI is InChI=1S/C8H10F3NO2/c9-8(10,11)6(13)12-4-7(5-12)2-1-3-14-7/h1-5H2. The van der Waals surface area contributed by atoms with Gasteiger partial charge in [-0.15, -0.1) is 0 Å². The number of amides is 1. The van der Waals surface area contributed by atoms with Crippen LogP contribution in [0.5, 0.6) is 0 Å². The van der Waals surface area contributed by atoms with Crippen molar-refractivity contribution < 1.29 is 22.7 Å². The Morgan fingerprint density at radius 1 is 1.36 bits per heavy atom. The van der Waals surface area contributed by atoms with Crippen LogP contribution in [0.2, 0.25) is 0 Å². The molecule has 0 aliphatic carbocycles. The van der Waals surface area contributed by atoms with E-state index < -0.39 is 17.7 Å². The maximum atomic E-state index is 12.0. The monoisotopic (exact) mass is 209 g/mol. The second-order valence-corrected chi connectivity index (χ2v) is 3.79. The second kappa shape index (κ2) is 2.85. The number of likely N-dealkylation sites (tertiary alicyclic amines) is 1. The number of halogens is 3. The molecule has 0 atom stereocenters. The molecule has 2 heterocycles. The van der Waals surface area contributed by atoms with E-state index >= 15 is 0 Å². The van der Waals surface area contributed by atoms with E-state index in [1.165, 1.54) is 0 Å². The Labute approximate surface area is 78.8 Å². The van der Waals surface area contributed by atoms with E-state index in [1.807, 2.05) is 0 Å². The van der Waals surface area contributed by atoms with Crippen molar-refractivity contribution in [1.29, 1.82) is 0 Å². The lowest BCUT2D eigenvalue weighted by molar-refractivity contribution is -0.204. The average Bonchev–Trinajstić information content (AvgIpc) is 2.46. The lowest BCUT2D eigenvalue weighted by Gasteiger charge is -2.46. The smallest absolute Gasteiger partial charge is 0.371 e. The first-order valence-corrected chi connectivity index (χ1v) is 4.43. The van der Waals surface area contributed by atoms with Crippen LogP contribution in [0.15, 0.2) is 0 Å². The number of nitrogens with zero attached hydrogens (tertiary/aromatic N) is 1. The molecule has 14 heavy (non-hydrogen) atoms. The van der Waals surface area contributed by atoms with Gasteiger partial charge in [-0.3, -0.25) is 4.79 Å². The van der Waals surface area contributed by atoms with Crippen molar-refractivity contribution in [3.63, 3.8) is 0 Å². The first-order chi connectivity index (χ1) is 6.43. The molecule has 0 aromatic carbocycles. The normalized spacial score (nSPS) is 25.2. The van der Waals surface area contributed by atoms with E-state index in [4.69, 9.17) is 4.74 Å². The molecule has 0 radical (unpaired) electrons. The summed E-state index contributed by atoms with van der Waals surface area (Å²) in [5, 5.41) is 0. The molecule has 2 aliphatic heterocycles. The molecular formula is C8H10F3NO2. The third-order valence-corrected chi connectivity index (χ3v) is 2.67. The highest BCUT2D eigenvalue weighted by Gasteiger charge is 2.54. The minimum atomic E-state index is -4.75. The van der Waals surface area contributed by atoms with Crippen LogP contribution in [0.3, 0.4) is 0 Å². The van der Waals surface area contributed by atoms with Gasteiger partial charge in [0, 0.05) is 6.61 Å². The molecule has 0 N–H and O–H groups in total. The van der Waals surface area contributed by atoms with E-state index in [0.29, 0.717) is 6.61 Å². The molecule has 6 heteroatoms. The zero-order chi connectivity index (χ0) is 10.4. The molecular weight excluding hydrogens is 199 g/mol. The number of carbonyl (C=O) groups excluding carboxylic acids is 1. The van der Waals surface area contributed by atoms with Gasteiger partial charge in [0.2, 0.25) is 0 Å². The van der Waals surface area contributed by atoms with E-state index in [2.05, 4.69) is 0 Å². The molecule has 2 saturated heterocycles. The molecule has 0 saturated carbocycles. The number of ether oxygens (including phenoxy) is 1. The molecule has 2 rings (SSSR count). The quantitative estimate of drug-likeness (QED) is 0.594. The molecule has 0 aromatic heterocycles. The number of carbonyl (C=O) groups is 1. The van der Waals surface area contributed by atoms with Gasteiger partial charge in [0.15, 0.2) is 0 Å². The number of hydrogen-bond acceptors (Lipinski definition) is 2. The van der Waals surface area contributed by atoms with Crippen LogP contribution in [0.25, 0.3) is 0 Å². The summed E-state index contributed by atoms with van der Waals surface area (Å²) >= 11 is 0. The minimum Gasteiger partial charge on any atom is -0.371 e. The number of hydrogen-bond donors (Lipinski definition) is 0. The highest BCUT2D eigenvalue weighted by Crippen LogP contribution is 2.36. The summed E-state index contributed by atoms with van der Waals surface area (Å²) in [5.41, 5.74) is -0.457. The van der Waals surface area contributed by atoms with Crippen LogP contribution in [0.4, 0.5) is 13.2 Å². The first-order valence-electron chi connectivity index (χ1n) is 4.43. The second-order valence-electron chi connectivity index (χ2n) is 3.79. The van der Waals surface area contributed by atoms with Gasteiger partial charge in [-0.2, -0.15) is 13.2 Å². The fourth-order valence-electron chi connectivity index (χ4n) is 1.98. The van der Waals surface area contributed by atoms with Crippen molar-refractivity contribution >= 4 is 5.91 Å². The van der Waals surface area contributed by atoms with Gasteiger partial charge < -0.3 is 9.64 Å². The van der Waals surface area contributed by atoms with Gasteiger partial charge in [-0.1, -0.05) is 0 Å². The summed E-state index contributed by atoms with van der Waals surface area (Å²) in [6, 6.07) is 0. The Bertz CT molecular complexity index is 250. The maximum absolute atomic E-state index is 12.0. The molecule has 2 aliphatic rings. The Kier molecular flexibility index (Phi) is 1.99. The molecule has 3 nitrogen and oxygen atoms in total. The van der Waals surface area contributed by atoms with Gasteiger partial charge in [-0.05, 0) is 12.8 Å². The van der Waals surface area contributed by atoms with Gasteiger partial charge in [0.05, 0.1) is 13.1 Å². The highest BCUT2D eigenvalue weighted by molar-refractivity contribution is 5.82. The molecule has 0 bridgehead atoms. The van der Waals surface area contributed by atoms with Gasteiger partial charge in [-0.25, -0.2) is 0 Å². The Balaban J connectivity index is 1.91. The van der Waals surface area contributed by atoms with Gasteiger partial charge >= 0.3 is 12.1 Å². The number of alkyl halides is 3. The highest BCUT2D eigenvalue weighted by atomic mass is 19.4. The Morgan fingerprint density at radius 2 is 2.00 bits per heavy atom.